The zero-order chi connectivity index (χ0) is 28.7. The summed E-state index contributed by atoms with van der Waals surface area (Å²) in [6, 6.07) is 17.9. The van der Waals surface area contributed by atoms with Gasteiger partial charge < -0.3 is 19.5 Å². The molecule has 2 fully saturated rings. The molecule has 2 aliphatic rings. The molecule has 1 amide bonds. The van der Waals surface area contributed by atoms with Crippen LogP contribution >= 0.6 is 0 Å². The summed E-state index contributed by atoms with van der Waals surface area (Å²) in [4.78, 5) is 46.1. The molecule has 2 atom stereocenters. The number of nitrogens with zero attached hydrogens (tertiary/aromatic N) is 4. The van der Waals surface area contributed by atoms with Crippen molar-refractivity contribution < 1.29 is 9.53 Å². The SMILES string of the molecule is CCCn1c(=O)n(C)c(=O)c2[nH]c(-c3ccc(OCCCC(=O)N4CC5CC4N(c4ccccc4C)C5)cc3)cc21. The summed E-state index contributed by atoms with van der Waals surface area (Å²) in [5.41, 5.74) is 4.54. The Balaban J connectivity index is 1.05. The fourth-order valence-electron chi connectivity index (χ4n) is 6.38. The number of ether oxygens (including phenoxy) is 1. The maximum atomic E-state index is 13.1. The number of aromatic nitrogens is 3. The van der Waals surface area contributed by atoms with E-state index in [4.69, 9.17) is 4.74 Å². The number of aryl methyl sites for hydroxylation is 2. The lowest BCUT2D eigenvalue weighted by molar-refractivity contribution is -0.132. The van der Waals surface area contributed by atoms with Crippen molar-refractivity contribution in [3.8, 4) is 17.0 Å². The van der Waals surface area contributed by atoms with Crippen molar-refractivity contribution in [1.29, 1.82) is 0 Å². The third-order valence-corrected chi connectivity index (χ3v) is 8.46. The van der Waals surface area contributed by atoms with Gasteiger partial charge in [0.15, 0.2) is 0 Å². The standard InChI is InChI=1S/C32H37N5O4/c1-4-15-35-27-18-25(33-30(27)31(39)34(3)32(35)40)23-11-13-24(14-12-23)41-16-7-10-29(38)37-20-22-17-28(37)36(19-22)26-9-6-5-8-21(26)2/h5-6,8-9,11-14,18,22,28,33H,4,7,10,15-17,19-20H2,1-3H3. The Morgan fingerprint density at radius 2 is 1.85 bits per heavy atom. The first-order chi connectivity index (χ1) is 19.9. The molecule has 2 unspecified atom stereocenters. The average molecular weight is 556 g/mol. The summed E-state index contributed by atoms with van der Waals surface area (Å²) < 4.78 is 8.74. The molecule has 4 aromatic rings. The van der Waals surface area contributed by atoms with E-state index < -0.39 is 0 Å². The number of anilines is 1. The second-order valence-corrected chi connectivity index (χ2v) is 11.3. The number of aromatic amines is 1. The van der Waals surface area contributed by atoms with Crippen LogP contribution in [0.1, 0.15) is 38.2 Å². The van der Waals surface area contributed by atoms with Gasteiger partial charge in [-0.05, 0) is 79.6 Å². The molecule has 2 aromatic heterocycles. The predicted molar refractivity (Wildman–Crippen MR) is 160 cm³/mol. The molecule has 6 rings (SSSR count). The lowest BCUT2D eigenvalue weighted by atomic mass is 10.1. The van der Waals surface area contributed by atoms with Crippen LogP contribution in [-0.2, 0) is 18.4 Å². The monoisotopic (exact) mass is 555 g/mol. The van der Waals surface area contributed by atoms with E-state index in [1.54, 1.807) is 4.57 Å². The van der Waals surface area contributed by atoms with Gasteiger partial charge in [0.25, 0.3) is 5.56 Å². The Morgan fingerprint density at radius 3 is 2.59 bits per heavy atom. The minimum Gasteiger partial charge on any atom is -0.494 e. The van der Waals surface area contributed by atoms with Gasteiger partial charge in [-0.25, -0.2) is 4.79 Å². The molecule has 0 radical (unpaired) electrons. The third-order valence-electron chi connectivity index (χ3n) is 8.46. The van der Waals surface area contributed by atoms with Crippen LogP contribution in [0.5, 0.6) is 5.75 Å². The van der Waals surface area contributed by atoms with Crippen molar-refractivity contribution in [3.63, 3.8) is 0 Å². The molecule has 9 nitrogen and oxygen atoms in total. The number of fused-ring (bicyclic) bond motifs is 3. The van der Waals surface area contributed by atoms with Crippen LogP contribution in [0.3, 0.4) is 0 Å². The first-order valence-corrected chi connectivity index (χ1v) is 14.5. The lowest BCUT2D eigenvalue weighted by Crippen LogP contribution is -2.50. The molecule has 4 heterocycles. The van der Waals surface area contributed by atoms with Crippen LogP contribution in [0.4, 0.5) is 5.69 Å². The molecule has 2 aliphatic heterocycles. The molecule has 2 bridgehead atoms. The highest BCUT2D eigenvalue weighted by atomic mass is 16.5. The van der Waals surface area contributed by atoms with Gasteiger partial charge in [0.05, 0.1) is 12.1 Å². The fraction of sp³-hybridized carbons (Fsp3) is 0.406. The Kier molecular flexibility index (Phi) is 7.19. The molecule has 0 aliphatic carbocycles. The van der Waals surface area contributed by atoms with Gasteiger partial charge in [-0.1, -0.05) is 25.1 Å². The van der Waals surface area contributed by atoms with E-state index >= 15 is 0 Å². The number of hydrogen-bond donors (Lipinski definition) is 1. The van der Waals surface area contributed by atoms with E-state index in [1.807, 2.05) is 37.3 Å². The first-order valence-electron chi connectivity index (χ1n) is 14.5. The average Bonchev–Trinajstić information content (AvgIpc) is 3.72. The molecular weight excluding hydrogens is 518 g/mol. The lowest BCUT2D eigenvalue weighted by Gasteiger charge is -2.38. The van der Waals surface area contributed by atoms with Crippen molar-refractivity contribution in [1.82, 2.24) is 19.0 Å². The van der Waals surface area contributed by atoms with E-state index in [0.29, 0.717) is 42.9 Å². The molecule has 0 spiro atoms. The molecular formula is C32H37N5O4. The van der Waals surface area contributed by atoms with Crippen LogP contribution in [-0.4, -0.2) is 50.8 Å². The number of carbonyl (C=O) groups is 1. The normalized spacial score (nSPS) is 18.0. The van der Waals surface area contributed by atoms with Crippen LogP contribution in [0.25, 0.3) is 22.3 Å². The van der Waals surface area contributed by atoms with Crippen LogP contribution < -0.4 is 20.9 Å². The zero-order valence-corrected chi connectivity index (χ0v) is 23.9. The smallest absolute Gasteiger partial charge is 0.331 e. The zero-order valence-electron chi connectivity index (χ0n) is 23.9. The predicted octanol–water partition coefficient (Wildman–Crippen LogP) is 4.27. The van der Waals surface area contributed by atoms with Gasteiger partial charge in [0.1, 0.15) is 17.4 Å². The Morgan fingerprint density at radius 1 is 1.07 bits per heavy atom. The minimum atomic E-state index is -0.331. The molecule has 1 N–H and O–H groups in total. The topological polar surface area (TPSA) is 92.6 Å². The minimum absolute atomic E-state index is 0.156. The maximum absolute atomic E-state index is 13.1. The van der Waals surface area contributed by atoms with E-state index in [2.05, 4.69) is 46.0 Å². The van der Waals surface area contributed by atoms with Gasteiger partial charge in [0.2, 0.25) is 5.91 Å². The largest absolute Gasteiger partial charge is 0.494 e. The van der Waals surface area contributed by atoms with Gasteiger partial charge >= 0.3 is 5.69 Å². The number of H-pyrrole nitrogens is 1. The van der Waals surface area contributed by atoms with Gasteiger partial charge in [-0.15, -0.1) is 0 Å². The summed E-state index contributed by atoms with van der Waals surface area (Å²) in [5.74, 6) is 1.46. The summed E-state index contributed by atoms with van der Waals surface area (Å²) >= 11 is 0. The highest BCUT2D eigenvalue weighted by Crippen LogP contribution is 2.39. The van der Waals surface area contributed by atoms with E-state index in [0.717, 1.165) is 47.5 Å². The van der Waals surface area contributed by atoms with E-state index in [9.17, 15) is 14.4 Å². The van der Waals surface area contributed by atoms with Gasteiger partial charge in [-0.3, -0.25) is 18.7 Å². The maximum Gasteiger partial charge on any atom is 0.331 e. The van der Waals surface area contributed by atoms with Crippen molar-refractivity contribution in [2.45, 2.75) is 52.2 Å². The number of likely N-dealkylation sites (tertiary alicyclic amines) is 1. The van der Waals surface area contributed by atoms with Crippen molar-refractivity contribution in [2.75, 3.05) is 24.6 Å². The highest BCUT2D eigenvalue weighted by molar-refractivity contribution is 5.82. The summed E-state index contributed by atoms with van der Waals surface area (Å²) in [6.45, 7) is 7.00. The van der Waals surface area contributed by atoms with Crippen LogP contribution in [0, 0.1) is 12.8 Å². The number of amides is 1. The van der Waals surface area contributed by atoms with Crippen molar-refractivity contribution in [3.05, 3.63) is 81.0 Å². The Labute approximate surface area is 239 Å². The fourth-order valence-corrected chi connectivity index (χ4v) is 6.38. The number of carbonyl (C=O) groups excluding carboxylic acids is 1. The van der Waals surface area contributed by atoms with Crippen molar-refractivity contribution in [2.24, 2.45) is 13.0 Å². The first kappa shape index (κ1) is 26.9. The van der Waals surface area contributed by atoms with Crippen molar-refractivity contribution >= 4 is 22.6 Å². The van der Waals surface area contributed by atoms with E-state index in [1.165, 1.54) is 18.3 Å². The number of hydrogen-bond acceptors (Lipinski definition) is 5. The highest BCUT2D eigenvalue weighted by Gasteiger charge is 2.45. The van der Waals surface area contributed by atoms with Gasteiger partial charge in [0, 0.05) is 44.5 Å². The molecule has 214 valence electrons. The Bertz CT molecular complexity index is 1700. The van der Waals surface area contributed by atoms with Crippen LogP contribution in [0.2, 0.25) is 0 Å². The number of benzene rings is 2. The second kappa shape index (κ2) is 11.0. The summed E-state index contributed by atoms with van der Waals surface area (Å²) in [6.07, 6.45) is 3.11. The molecule has 2 saturated heterocycles. The summed E-state index contributed by atoms with van der Waals surface area (Å²) in [5, 5.41) is 0. The Hall–Kier alpha value is -4.27. The van der Waals surface area contributed by atoms with Crippen LogP contribution in [0.15, 0.2) is 64.2 Å². The molecule has 2 aromatic carbocycles. The molecule has 0 saturated carbocycles. The number of rotatable bonds is 9. The second-order valence-electron chi connectivity index (χ2n) is 11.3. The molecule has 9 heteroatoms. The summed E-state index contributed by atoms with van der Waals surface area (Å²) in [7, 11) is 1.51. The third kappa shape index (κ3) is 4.94. The number of para-hydroxylation sites is 1. The number of nitrogens with one attached hydrogen (secondary N) is 1. The van der Waals surface area contributed by atoms with Gasteiger partial charge in [-0.2, -0.15) is 0 Å². The molecule has 41 heavy (non-hydrogen) atoms. The quantitative estimate of drug-likeness (QED) is 0.312. The van der Waals surface area contributed by atoms with E-state index in [-0.39, 0.29) is 23.3 Å².